The van der Waals surface area contributed by atoms with Crippen molar-refractivity contribution in [1.29, 1.82) is 0 Å². The highest BCUT2D eigenvalue weighted by molar-refractivity contribution is 6.35. The molecule has 0 aliphatic rings. The summed E-state index contributed by atoms with van der Waals surface area (Å²) >= 11 is 12.6. The number of carbonyl (C=O) groups is 2. The maximum Gasteiger partial charge on any atom is 0.261 e. The lowest BCUT2D eigenvalue weighted by molar-refractivity contribution is -0.143. The topological polar surface area (TPSA) is 58.6 Å². The van der Waals surface area contributed by atoms with E-state index in [0.29, 0.717) is 27.8 Å². The maximum atomic E-state index is 13.8. The Kier molecular flexibility index (Phi) is 10.6. The number of halogens is 2. The Bertz CT molecular complexity index is 1260. The van der Waals surface area contributed by atoms with Gasteiger partial charge in [-0.3, -0.25) is 9.59 Å². The number of ether oxygens (including phenoxy) is 1. The fourth-order valence-corrected chi connectivity index (χ4v) is 4.67. The molecule has 3 aromatic rings. The van der Waals surface area contributed by atoms with Gasteiger partial charge in [-0.05, 0) is 80.1 Å². The molecule has 0 unspecified atom stereocenters. The van der Waals surface area contributed by atoms with Gasteiger partial charge in [0.1, 0.15) is 11.8 Å². The van der Waals surface area contributed by atoms with E-state index in [-0.39, 0.29) is 31.0 Å². The van der Waals surface area contributed by atoms with Crippen molar-refractivity contribution in [1.82, 2.24) is 10.2 Å². The first kappa shape index (κ1) is 29.5. The molecule has 3 aromatic carbocycles. The van der Waals surface area contributed by atoms with Crippen LogP contribution >= 0.6 is 23.2 Å². The van der Waals surface area contributed by atoms with Crippen molar-refractivity contribution in [2.45, 2.75) is 66.1 Å². The van der Waals surface area contributed by atoms with Crippen LogP contribution in [0.3, 0.4) is 0 Å². The van der Waals surface area contributed by atoms with Crippen molar-refractivity contribution < 1.29 is 14.3 Å². The average Bonchev–Trinajstić information content (AvgIpc) is 2.88. The van der Waals surface area contributed by atoms with Crippen LogP contribution in [0.2, 0.25) is 10.0 Å². The molecule has 0 spiro atoms. The third kappa shape index (κ3) is 7.99. The van der Waals surface area contributed by atoms with Gasteiger partial charge in [0.25, 0.3) is 5.91 Å². The Labute approximate surface area is 236 Å². The van der Waals surface area contributed by atoms with E-state index < -0.39 is 6.04 Å². The summed E-state index contributed by atoms with van der Waals surface area (Å²) in [5.74, 6) is 0.128. The van der Waals surface area contributed by atoms with Gasteiger partial charge >= 0.3 is 0 Å². The molecule has 2 atom stereocenters. The van der Waals surface area contributed by atoms with E-state index in [1.165, 1.54) is 0 Å². The Morgan fingerprint density at radius 2 is 1.71 bits per heavy atom. The van der Waals surface area contributed by atoms with E-state index in [2.05, 4.69) is 11.4 Å². The van der Waals surface area contributed by atoms with E-state index >= 15 is 0 Å². The maximum absolute atomic E-state index is 13.8. The normalized spacial score (nSPS) is 12.5. The molecule has 0 aromatic heterocycles. The monoisotopic (exact) mass is 554 g/mol. The summed E-state index contributed by atoms with van der Waals surface area (Å²) in [6.45, 7) is 9.86. The third-order valence-electron chi connectivity index (χ3n) is 6.74. The molecule has 2 amide bonds. The third-order valence-corrected chi connectivity index (χ3v) is 7.33. The SMILES string of the molecule is CC[C@H](C)NC(=O)[C@H](Cc1ccccc1)N(Cc1ccc(Cl)cc1Cl)C(=O)COc1cc(C)cc(C)c1C. The molecule has 0 radical (unpaired) electrons. The zero-order valence-corrected chi connectivity index (χ0v) is 24.2. The van der Waals surface area contributed by atoms with E-state index in [0.717, 1.165) is 28.7 Å². The minimum absolute atomic E-state index is 0.0361. The highest BCUT2D eigenvalue weighted by Crippen LogP contribution is 2.26. The van der Waals surface area contributed by atoms with Crippen molar-refractivity contribution in [2.75, 3.05) is 6.61 Å². The van der Waals surface area contributed by atoms with E-state index in [4.69, 9.17) is 27.9 Å². The van der Waals surface area contributed by atoms with Crippen LogP contribution in [0.1, 0.15) is 48.1 Å². The number of hydrogen-bond donors (Lipinski definition) is 1. The molecule has 3 rings (SSSR count). The second-order valence-corrected chi connectivity index (χ2v) is 10.6. The van der Waals surface area contributed by atoms with Gasteiger partial charge in [0.05, 0.1) is 0 Å². The van der Waals surface area contributed by atoms with Crippen LogP contribution in [0.25, 0.3) is 0 Å². The lowest BCUT2D eigenvalue weighted by Crippen LogP contribution is -2.53. The summed E-state index contributed by atoms with van der Waals surface area (Å²) in [5.41, 5.74) is 4.76. The van der Waals surface area contributed by atoms with Gasteiger partial charge in [0, 0.05) is 29.1 Å². The minimum Gasteiger partial charge on any atom is -0.483 e. The molecule has 0 fully saturated rings. The molecule has 202 valence electrons. The summed E-state index contributed by atoms with van der Waals surface area (Å²) in [6, 6.07) is 18.0. The second kappa shape index (κ2) is 13.7. The zero-order valence-electron chi connectivity index (χ0n) is 22.7. The van der Waals surface area contributed by atoms with Crippen LogP contribution in [0.5, 0.6) is 5.75 Å². The first-order chi connectivity index (χ1) is 18.1. The van der Waals surface area contributed by atoms with Gasteiger partial charge < -0.3 is 15.0 Å². The van der Waals surface area contributed by atoms with E-state index in [9.17, 15) is 9.59 Å². The van der Waals surface area contributed by atoms with Crippen LogP contribution in [-0.2, 0) is 22.6 Å². The molecule has 5 nitrogen and oxygen atoms in total. The van der Waals surface area contributed by atoms with Crippen molar-refractivity contribution in [2.24, 2.45) is 0 Å². The first-order valence-electron chi connectivity index (χ1n) is 12.9. The summed E-state index contributed by atoms with van der Waals surface area (Å²) in [5, 5.41) is 4.00. The number of hydrogen-bond acceptors (Lipinski definition) is 3. The summed E-state index contributed by atoms with van der Waals surface area (Å²) in [6.07, 6.45) is 1.12. The Morgan fingerprint density at radius 1 is 1.00 bits per heavy atom. The zero-order chi connectivity index (χ0) is 27.8. The predicted molar refractivity (Wildman–Crippen MR) is 155 cm³/mol. The standard InChI is InChI=1S/C31H36Cl2N2O3/c1-6-22(4)34-31(37)28(16-24-10-8-7-9-11-24)35(18-25-12-13-26(32)17-27(25)33)30(36)19-38-29-15-20(2)14-21(3)23(29)5/h7-15,17,22,28H,6,16,18-19H2,1-5H3,(H,34,37)/t22-,28-/m0/s1. The molecule has 0 aliphatic carbocycles. The largest absolute Gasteiger partial charge is 0.483 e. The number of carbonyl (C=O) groups excluding carboxylic acids is 2. The molecule has 1 N–H and O–H groups in total. The minimum atomic E-state index is -0.769. The van der Waals surface area contributed by atoms with Gasteiger partial charge in [-0.25, -0.2) is 0 Å². The lowest BCUT2D eigenvalue weighted by Gasteiger charge is -2.32. The van der Waals surface area contributed by atoms with Crippen molar-refractivity contribution in [3.63, 3.8) is 0 Å². The highest BCUT2D eigenvalue weighted by atomic mass is 35.5. The highest BCUT2D eigenvalue weighted by Gasteiger charge is 2.31. The van der Waals surface area contributed by atoms with Crippen molar-refractivity contribution >= 4 is 35.0 Å². The molecule has 0 aliphatic heterocycles. The number of nitrogens with zero attached hydrogens (tertiary/aromatic N) is 1. The summed E-state index contributed by atoms with van der Waals surface area (Å²) in [4.78, 5) is 29.0. The van der Waals surface area contributed by atoms with Gasteiger partial charge in [0.15, 0.2) is 6.61 Å². The molecule has 0 saturated carbocycles. The Hall–Kier alpha value is -3.02. The van der Waals surface area contributed by atoms with Gasteiger partial charge in [-0.15, -0.1) is 0 Å². The quantitative estimate of drug-likeness (QED) is 0.282. The Morgan fingerprint density at radius 3 is 2.37 bits per heavy atom. The number of rotatable bonds is 11. The fourth-order valence-electron chi connectivity index (χ4n) is 4.20. The Balaban J connectivity index is 1.98. The fraction of sp³-hybridized carbons (Fsp3) is 0.355. The second-order valence-electron chi connectivity index (χ2n) is 9.77. The van der Waals surface area contributed by atoms with Crippen LogP contribution in [0.4, 0.5) is 0 Å². The van der Waals surface area contributed by atoms with Crippen LogP contribution < -0.4 is 10.1 Å². The number of nitrogens with one attached hydrogen (secondary N) is 1. The summed E-state index contributed by atoms with van der Waals surface area (Å²) < 4.78 is 6.03. The number of benzene rings is 3. The molecule has 0 heterocycles. The molecular weight excluding hydrogens is 519 g/mol. The smallest absolute Gasteiger partial charge is 0.261 e. The summed E-state index contributed by atoms with van der Waals surface area (Å²) in [7, 11) is 0. The molecule has 38 heavy (non-hydrogen) atoms. The van der Waals surface area contributed by atoms with Crippen molar-refractivity contribution in [3.05, 3.63) is 98.5 Å². The molecule has 0 saturated heterocycles. The van der Waals surface area contributed by atoms with Crippen LogP contribution in [0.15, 0.2) is 60.7 Å². The predicted octanol–water partition coefficient (Wildman–Crippen LogP) is 6.85. The molecule has 0 bridgehead atoms. The van der Waals surface area contributed by atoms with Crippen LogP contribution in [-0.4, -0.2) is 35.4 Å². The van der Waals surface area contributed by atoms with Gasteiger partial charge in [-0.2, -0.15) is 0 Å². The molecular formula is C31H36Cl2N2O3. The van der Waals surface area contributed by atoms with Crippen LogP contribution in [0, 0.1) is 20.8 Å². The van der Waals surface area contributed by atoms with E-state index in [1.807, 2.05) is 71.0 Å². The molecule has 7 heteroatoms. The average molecular weight is 556 g/mol. The number of aryl methyl sites for hydroxylation is 2. The first-order valence-corrected chi connectivity index (χ1v) is 13.6. The van der Waals surface area contributed by atoms with E-state index in [1.54, 1.807) is 23.1 Å². The van der Waals surface area contributed by atoms with Gasteiger partial charge in [-0.1, -0.05) is 72.6 Å². The van der Waals surface area contributed by atoms with Gasteiger partial charge in [0.2, 0.25) is 5.91 Å². The number of amides is 2. The lowest BCUT2D eigenvalue weighted by atomic mass is 10.0. The van der Waals surface area contributed by atoms with Crippen molar-refractivity contribution in [3.8, 4) is 5.75 Å².